The Balaban J connectivity index is 1.87. The Bertz CT molecular complexity index is 1410. The fourth-order valence-electron chi connectivity index (χ4n) is 4.88. The summed E-state index contributed by atoms with van der Waals surface area (Å²) in [5.74, 6) is -0.318. The number of carbonyl (C=O) groups is 3. The van der Waals surface area contributed by atoms with Gasteiger partial charge in [0.2, 0.25) is 5.91 Å². The lowest BCUT2D eigenvalue weighted by atomic mass is 10.0. The third-order valence-electron chi connectivity index (χ3n) is 7.12. The molecule has 0 saturated carbocycles. The van der Waals surface area contributed by atoms with Crippen LogP contribution in [0.25, 0.3) is 0 Å². The number of benzene rings is 3. The number of carbonyl (C=O) groups excluding carboxylic acids is 3. The Kier molecular flexibility index (Phi) is 13.2. The van der Waals surface area contributed by atoms with Crippen LogP contribution >= 0.6 is 0 Å². The topological polar surface area (TPSA) is 146 Å². The summed E-state index contributed by atoms with van der Waals surface area (Å²) in [5.41, 5.74) is 14.4. The summed E-state index contributed by atoms with van der Waals surface area (Å²) < 4.78 is 16.6. The highest BCUT2D eigenvalue weighted by Gasteiger charge is 2.26. The molecule has 2 unspecified atom stereocenters. The van der Waals surface area contributed by atoms with E-state index in [2.05, 4.69) is 5.32 Å². The number of rotatable bonds is 17. The SMILES string of the molecule is CCCN(CCC)C(=O)c1cc(C(N)=O)cc(C(=O)OC(CNCc2cccc(OC)c2)C(N)Cc2cccc(OC)c2)c1. The molecule has 3 aromatic rings. The van der Waals surface area contributed by atoms with E-state index in [1.807, 2.05) is 62.4 Å². The van der Waals surface area contributed by atoms with Crippen LogP contribution in [0.1, 0.15) is 68.9 Å². The molecule has 0 fully saturated rings. The van der Waals surface area contributed by atoms with Gasteiger partial charge in [0.05, 0.1) is 19.8 Å². The first-order valence-corrected chi connectivity index (χ1v) is 14.9. The number of methoxy groups -OCH3 is 2. The van der Waals surface area contributed by atoms with Crippen LogP contribution < -0.4 is 26.3 Å². The maximum atomic E-state index is 13.6. The maximum Gasteiger partial charge on any atom is 0.338 e. The van der Waals surface area contributed by atoms with Gasteiger partial charge in [-0.25, -0.2) is 4.79 Å². The van der Waals surface area contributed by atoms with Gasteiger partial charge >= 0.3 is 5.97 Å². The fourth-order valence-corrected chi connectivity index (χ4v) is 4.88. The van der Waals surface area contributed by atoms with Gasteiger partial charge in [0.1, 0.15) is 17.6 Å². The zero-order valence-corrected chi connectivity index (χ0v) is 26.0. The van der Waals surface area contributed by atoms with Crippen molar-refractivity contribution in [2.45, 2.75) is 51.8 Å². The average molecular weight is 605 g/mol. The number of nitrogens with one attached hydrogen (secondary N) is 1. The average Bonchev–Trinajstić information content (AvgIpc) is 3.03. The standard InChI is InChI=1S/C34H44N4O6/c1-5-13-38(14-6-2)33(40)26-18-25(32(36)39)19-27(20-26)34(41)44-31(22-37-21-24-10-8-12-29(16-24)43-4)30(35)17-23-9-7-11-28(15-23)42-3/h7-12,15-16,18-20,30-31,37H,5-6,13-14,17,21-22,35H2,1-4H3,(H2,36,39). The van der Waals surface area contributed by atoms with E-state index in [-0.39, 0.29) is 29.1 Å². The minimum absolute atomic E-state index is 0.0453. The number of ether oxygens (including phenoxy) is 3. The van der Waals surface area contributed by atoms with Gasteiger partial charge in [-0.2, -0.15) is 0 Å². The quantitative estimate of drug-likeness (QED) is 0.196. The molecule has 2 amide bonds. The molecule has 0 aliphatic carbocycles. The summed E-state index contributed by atoms with van der Waals surface area (Å²) in [6.45, 7) is 5.79. The number of hydrogen-bond acceptors (Lipinski definition) is 8. The minimum atomic E-state index is -0.757. The van der Waals surface area contributed by atoms with Crippen molar-refractivity contribution in [1.29, 1.82) is 0 Å². The lowest BCUT2D eigenvalue weighted by molar-refractivity contribution is 0.0238. The molecule has 10 nitrogen and oxygen atoms in total. The first-order valence-electron chi connectivity index (χ1n) is 14.9. The van der Waals surface area contributed by atoms with Crippen molar-refractivity contribution in [3.63, 3.8) is 0 Å². The zero-order chi connectivity index (χ0) is 32.1. The van der Waals surface area contributed by atoms with Gasteiger partial charge in [-0.05, 0) is 72.9 Å². The number of primary amides is 1. The predicted octanol–water partition coefficient (Wildman–Crippen LogP) is 3.95. The summed E-state index contributed by atoms with van der Waals surface area (Å²) in [5, 5.41) is 3.33. The molecule has 0 spiro atoms. The van der Waals surface area contributed by atoms with E-state index >= 15 is 0 Å². The van der Waals surface area contributed by atoms with Crippen LogP contribution in [-0.4, -0.2) is 68.7 Å². The molecular formula is C34H44N4O6. The van der Waals surface area contributed by atoms with Crippen molar-refractivity contribution in [2.24, 2.45) is 11.5 Å². The van der Waals surface area contributed by atoms with E-state index in [1.165, 1.54) is 18.2 Å². The lowest BCUT2D eigenvalue weighted by Gasteiger charge is -2.25. The van der Waals surface area contributed by atoms with Crippen molar-refractivity contribution in [3.8, 4) is 11.5 Å². The monoisotopic (exact) mass is 604 g/mol. The van der Waals surface area contributed by atoms with E-state index in [0.717, 1.165) is 29.7 Å². The van der Waals surface area contributed by atoms with Gasteiger partial charge in [-0.3, -0.25) is 9.59 Å². The number of amides is 2. The fraction of sp³-hybridized carbons (Fsp3) is 0.382. The van der Waals surface area contributed by atoms with Crippen LogP contribution in [0.3, 0.4) is 0 Å². The Hall–Kier alpha value is -4.41. The molecule has 2 atom stereocenters. The van der Waals surface area contributed by atoms with Crippen LogP contribution in [0.2, 0.25) is 0 Å². The van der Waals surface area contributed by atoms with Gasteiger partial charge in [-0.1, -0.05) is 38.1 Å². The van der Waals surface area contributed by atoms with E-state index in [1.54, 1.807) is 19.1 Å². The van der Waals surface area contributed by atoms with Gasteiger partial charge in [0.15, 0.2) is 0 Å². The summed E-state index contributed by atoms with van der Waals surface area (Å²) in [4.78, 5) is 40.8. The van der Waals surface area contributed by atoms with Crippen LogP contribution in [-0.2, 0) is 17.7 Å². The molecule has 10 heteroatoms. The van der Waals surface area contributed by atoms with E-state index in [4.69, 9.17) is 25.7 Å². The second-order valence-corrected chi connectivity index (χ2v) is 10.6. The van der Waals surface area contributed by atoms with Crippen molar-refractivity contribution in [1.82, 2.24) is 10.2 Å². The molecule has 44 heavy (non-hydrogen) atoms. The Morgan fingerprint density at radius 1 is 0.818 bits per heavy atom. The summed E-state index contributed by atoms with van der Waals surface area (Å²) in [6, 6.07) is 18.8. The highest BCUT2D eigenvalue weighted by Crippen LogP contribution is 2.19. The number of nitrogens with two attached hydrogens (primary N) is 2. The van der Waals surface area contributed by atoms with E-state index < -0.39 is 24.0 Å². The maximum absolute atomic E-state index is 13.6. The number of nitrogens with zero attached hydrogens (tertiary/aromatic N) is 1. The first-order chi connectivity index (χ1) is 21.2. The highest BCUT2D eigenvalue weighted by atomic mass is 16.5. The van der Waals surface area contributed by atoms with Crippen molar-refractivity contribution >= 4 is 17.8 Å². The summed E-state index contributed by atoms with van der Waals surface area (Å²) in [7, 11) is 3.20. The highest BCUT2D eigenvalue weighted by molar-refractivity contribution is 6.03. The molecule has 0 aliphatic rings. The zero-order valence-electron chi connectivity index (χ0n) is 26.0. The Morgan fingerprint density at radius 2 is 1.39 bits per heavy atom. The number of hydrogen-bond donors (Lipinski definition) is 3. The van der Waals surface area contributed by atoms with E-state index in [0.29, 0.717) is 31.8 Å². The second kappa shape index (κ2) is 17.0. The van der Waals surface area contributed by atoms with Crippen molar-refractivity contribution in [2.75, 3.05) is 33.9 Å². The van der Waals surface area contributed by atoms with E-state index in [9.17, 15) is 14.4 Å². The summed E-state index contributed by atoms with van der Waals surface area (Å²) >= 11 is 0. The molecule has 0 saturated heterocycles. The predicted molar refractivity (Wildman–Crippen MR) is 170 cm³/mol. The first kappa shape index (κ1) is 34.1. The molecule has 5 N–H and O–H groups in total. The smallest absolute Gasteiger partial charge is 0.338 e. The molecule has 0 heterocycles. The van der Waals surface area contributed by atoms with Gasteiger partial charge in [0.25, 0.3) is 5.91 Å². The third-order valence-corrected chi connectivity index (χ3v) is 7.12. The van der Waals surface area contributed by atoms with Crippen molar-refractivity contribution < 1.29 is 28.6 Å². The molecule has 3 rings (SSSR count). The second-order valence-electron chi connectivity index (χ2n) is 10.6. The third kappa shape index (κ3) is 9.82. The normalized spacial score (nSPS) is 12.2. The molecule has 0 aromatic heterocycles. The van der Waals surface area contributed by atoms with Gasteiger partial charge in [-0.15, -0.1) is 0 Å². The van der Waals surface area contributed by atoms with Crippen LogP contribution in [0.15, 0.2) is 66.7 Å². The molecular weight excluding hydrogens is 560 g/mol. The van der Waals surface area contributed by atoms with Crippen molar-refractivity contribution in [3.05, 3.63) is 94.5 Å². The van der Waals surface area contributed by atoms with Gasteiger partial charge in [0, 0.05) is 43.3 Å². The Morgan fingerprint density at radius 3 is 1.98 bits per heavy atom. The largest absolute Gasteiger partial charge is 0.497 e. The number of esters is 1. The van der Waals surface area contributed by atoms with Crippen LogP contribution in [0.4, 0.5) is 0 Å². The molecule has 0 radical (unpaired) electrons. The molecule has 236 valence electrons. The molecule has 0 bridgehead atoms. The summed E-state index contributed by atoms with van der Waals surface area (Å²) in [6.07, 6.45) is 1.19. The minimum Gasteiger partial charge on any atom is -0.497 e. The van der Waals surface area contributed by atoms with Crippen LogP contribution in [0, 0.1) is 0 Å². The molecule has 3 aromatic carbocycles. The lowest BCUT2D eigenvalue weighted by Crippen LogP contribution is -2.46. The molecule has 0 aliphatic heterocycles. The van der Waals surface area contributed by atoms with Gasteiger partial charge < -0.3 is 35.9 Å². The van der Waals surface area contributed by atoms with Crippen LogP contribution in [0.5, 0.6) is 11.5 Å². The Labute approximate surface area is 259 Å².